The fraction of sp³-hybridized carbons (Fsp3) is 1.00. The van der Waals surface area contributed by atoms with Crippen LogP contribution in [0.15, 0.2) is 0 Å². The van der Waals surface area contributed by atoms with E-state index in [9.17, 15) is 0 Å². The van der Waals surface area contributed by atoms with Gasteiger partial charge < -0.3 is 8.97 Å². The van der Waals surface area contributed by atoms with Gasteiger partial charge in [0.25, 0.3) is 0 Å². The fourth-order valence-corrected chi connectivity index (χ4v) is 9.31. The molecule has 4 aliphatic carbocycles. The fourth-order valence-electron chi connectivity index (χ4n) is 9.31. The predicted molar refractivity (Wildman–Crippen MR) is 125 cm³/mol. The standard InChI is InChI=1S/C27H52N2/c1-19(28(4,5)6)23-12-13-24-22-11-10-20-18-21(29(7,8)9)14-16-26(20,2)25(22)15-17-27(23,24)3/h19-25H,10-18H2,1-9H3/q+2/t19?,20?,21?,22-,23+,24-,25-,26-,27+/m0/s1. The summed E-state index contributed by atoms with van der Waals surface area (Å²) in [4.78, 5) is 0. The highest BCUT2D eigenvalue weighted by Gasteiger charge is 2.62. The first-order valence-corrected chi connectivity index (χ1v) is 12.9. The Hall–Kier alpha value is -0.0800. The monoisotopic (exact) mass is 404 g/mol. The Labute approximate surface area is 182 Å². The molecule has 4 aliphatic rings. The Kier molecular flexibility index (Phi) is 5.31. The van der Waals surface area contributed by atoms with Crippen LogP contribution < -0.4 is 0 Å². The predicted octanol–water partition coefficient (Wildman–Crippen LogP) is 5.81. The molecular formula is C27H52N2+2. The van der Waals surface area contributed by atoms with E-state index in [2.05, 4.69) is 63.1 Å². The highest BCUT2D eigenvalue weighted by Crippen LogP contribution is 2.68. The summed E-state index contributed by atoms with van der Waals surface area (Å²) in [5.41, 5.74) is 1.24. The molecule has 0 heterocycles. The normalized spacial score (nSPS) is 49.1. The summed E-state index contributed by atoms with van der Waals surface area (Å²) in [6.07, 6.45) is 13.6. The number of rotatable bonds is 3. The van der Waals surface area contributed by atoms with Gasteiger partial charge in [-0.2, -0.15) is 0 Å². The molecule has 2 nitrogen and oxygen atoms in total. The third-order valence-corrected chi connectivity index (χ3v) is 11.6. The first-order chi connectivity index (χ1) is 13.3. The number of nitrogens with zero attached hydrogens (tertiary/aromatic N) is 2. The number of hydrogen-bond acceptors (Lipinski definition) is 0. The first-order valence-electron chi connectivity index (χ1n) is 12.9. The van der Waals surface area contributed by atoms with E-state index in [-0.39, 0.29) is 0 Å². The summed E-state index contributed by atoms with van der Waals surface area (Å²) in [7, 11) is 14.6. The molecule has 4 saturated carbocycles. The van der Waals surface area contributed by atoms with Crippen LogP contribution in [0.5, 0.6) is 0 Å². The van der Waals surface area contributed by atoms with E-state index < -0.39 is 0 Å². The maximum Gasteiger partial charge on any atom is 0.0889 e. The van der Waals surface area contributed by atoms with Crippen molar-refractivity contribution in [2.45, 2.75) is 90.6 Å². The molecule has 4 fully saturated rings. The van der Waals surface area contributed by atoms with E-state index in [0.717, 1.165) is 46.2 Å². The highest BCUT2D eigenvalue weighted by molar-refractivity contribution is 5.10. The molecule has 0 saturated heterocycles. The molecular weight excluding hydrogens is 352 g/mol. The largest absolute Gasteiger partial charge is 0.328 e. The van der Waals surface area contributed by atoms with Crippen molar-refractivity contribution in [3.63, 3.8) is 0 Å². The molecule has 29 heavy (non-hydrogen) atoms. The van der Waals surface area contributed by atoms with Crippen LogP contribution in [0, 0.1) is 40.4 Å². The molecule has 0 N–H and O–H groups in total. The molecule has 0 amide bonds. The zero-order valence-electron chi connectivity index (χ0n) is 21.3. The molecule has 0 aromatic heterocycles. The smallest absolute Gasteiger partial charge is 0.0889 e. The minimum absolute atomic E-state index is 0.606. The first kappa shape index (κ1) is 22.1. The maximum absolute atomic E-state index is 2.74. The van der Waals surface area contributed by atoms with Gasteiger partial charge in [0.1, 0.15) is 0 Å². The van der Waals surface area contributed by atoms with Crippen LogP contribution in [0.3, 0.4) is 0 Å². The summed E-state index contributed by atoms with van der Waals surface area (Å²) in [6, 6.07) is 1.67. The molecule has 0 aromatic carbocycles. The molecule has 168 valence electrons. The second-order valence-electron chi connectivity index (χ2n) is 14.3. The van der Waals surface area contributed by atoms with Gasteiger partial charge in [-0.15, -0.1) is 0 Å². The summed E-state index contributed by atoms with van der Waals surface area (Å²) in [5, 5.41) is 0. The van der Waals surface area contributed by atoms with Gasteiger partial charge in [-0.25, -0.2) is 0 Å². The highest BCUT2D eigenvalue weighted by atomic mass is 15.3. The summed E-state index contributed by atoms with van der Waals surface area (Å²) >= 11 is 0. The average molecular weight is 405 g/mol. The van der Waals surface area contributed by atoms with Crippen molar-refractivity contribution in [3.8, 4) is 0 Å². The van der Waals surface area contributed by atoms with Gasteiger partial charge in [0.05, 0.1) is 54.4 Å². The van der Waals surface area contributed by atoms with Crippen LogP contribution >= 0.6 is 0 Å². The minimum Gasteiger partial charge on any atom is -0.328 e. The van der Waals surface area contributed by atoms with E-state index in [1.807, 2.05) is 0 Å². The van der Waals surface area contributed by atoms with Crippen molar-refractivity contribution < 1.29 is 8.97 Å². The molecule has 0 aliphatic heterocycles. The number of fused-ring (bicyclic) bond motifs is 5. The zero-order valence-corrected chi connectivity index (χ0v) is 21.3. The van der Waals surface area contributed by atoms with Gasteiger partial charge in [0.15, 0.2) is 0 Å². The molecule has 9 atom stereocenters. The third kappa shape index (κ3) is 3.43. The number of quaternary nitrogens is 2. The van der Waals surface area contributed by atoms with Crippen LogP contribution in [-0.4, -0.2) is 63.3 Å². The second-order valence-corrected chi connectivity index (χ2v) is 14.3. The lowest BCUT2D eigenvalue weighted by molar-refractivity contribution is -0.899. The molecule has 4 rings (SSSR count). The lowest BCUT2D eigenvalue weighted by atomic mass is 9.44. The van der Waals surface area contributed by atoms with Crippen molar-refractivity contribution in [1.82, 2.24) is 0 Å². The molecule has 0 radical (unpaired) electrons. The third-order valence-electron chi connectivity index (χ3n) is 11.6. The lowest BCUT2D eigenvalue weighted by Gasteiger charge is -2.62. The van der Waals surface area contributed by atoms with Crippen LogP contribution in [0.25, 0.3) is 0 Å². The second kappa shape index (κ2) is 6.96. The topological polar surface area (TPSA) is 0 Å². The van der Waals surface area contributed by atoms with Crippen molar-refractivity contribution >= 4 is 0 Å². The molecule has 0 spiro atoms. The van der Waals surface area contributed by atoms with Crippen LogP contribution in [0.1, 0.15) is 78.6 Å². The van der Waals surface area contributed by atoms with Crippen molar-refractivity contribution in [3.05, 3.63) is 0 Å². The van der Waals surface area contributed by atoms with Gasteiger partial charge >= 0.3 is 0 Å². The van der Waals surface area contributed by atoms with Gasteiger partial charge in [0.2, 0.25) is 0 Å². The number of hydrogen-bond donors (Lipinski definition) is 0. The summed E-state index contributed by atoms with van der Waals surface area (Å²) in [6.45, 7) is 8.01. The molecule has 0 bridgehead atoms. The van der Waals surface area contributed by atoms with Crippen molar-refractivity contribution in [2.75, 3.05) is 42.3 Å². The van der Waals surface area contributed by atoms with Crippen LogP contribution in [0.2, 0.25) is 0 Å². The zero-order chi connectivity index (χ0) is 21.4. The van der Waals surface area contributed by atoms with E-state index in [1.165, 1.54) is 55.8 Å². The summed E-state index contributed by atoms with van der Waals surface area (Å²) in [5.74, 6) is 4.97. The minimum atomic E-state index is 0.606. The Bertz CT molecular complexity index is 613. The Balaban J connectivity index is 1.55. The average Bonchev–Trinajstić information content (AvgIpc) is 2.95. The van der Waals surface area contributed by atoms with Crippen molar-refractivity contribution in [2.24, 2.45) is 40.4 Å². The van der Waals surface area contributed by atoms with Crippen molar-refractivity contribution in [1.29, 1.82) is 0 Å². The van der Waals surface area contributed by atoms with Crippen LogP contribution in [0.4, 0.5) is 0 Å². The van der Waals surface area contributed by atoms with E-state index in [4.69, 9.17) is 0 Å². The molecule has 2 heteroatoms. The maximum atomic E-state index is 2.74. The molecule has 0 aromatic rings. The van der Waals surface area contributed by atoms with E-state index >= 15 is 0 Å². The Morgan fingerprint density at radius 3 is 1.97 bits per heavy atom. The van der Waals surface area contributed by atoms with Gasteiger partial charge in [-0.3, -0.25) is 0 Å². The van der Waals surface area contributed by atoms with Gasteiger partial charge in [0, 0.05) is 12.3 Å². The Morgan fingerprint density at radius 1 is 0.724 bits per heavy atom. The Morgan fingerprint density at radius 2 is 1.34 bits per heavy atom. The lowest BCUT2D eigenvalue weighted by Crippen LogP contribution is -2.58. The summed E-state index contributed by atoms with van der Waals surface area (Å²) < 4.78 is 2.30. The SMILES string of the molecule is CC([C@H]1CC[C@H]2[C@@H]3CCC4CC([N+](C)(C)C)CC[C@]4(C)[C@H]3CC[C@]12C)[N+](C)(C)C. The van der Waals surface area contributed by atoms with Gasteiger partial charge in [-0.05, 0) is 92.8 Å². The van der Waals surface area contributed by atoms with E-state index in [1.54, 1.807) is 6.42 Å². The van der Waals surface area contributed by atoms with Crippen LogP contribution in [-0.2, 0) is 0 Å². The van der Waals surface area contributed by atoms with E-state index in [0.29, 0.717) is 10.8 Å². The van der Waals surface area contributed by atoms with Gasteiger partial charge in [-0.1, -0.05) is 13.8 Å². The quantitative estimate of drug-likeness (QED) is 0.520. The molecule has 3 unspecified atom stereocenters.